The Balaban J connectivity index is 1.15. The first-order chi connectivity index (χ1) is 16.0. The maximum Gasteiger partial charge on any atom is 0.251 e. The van der Waals surface area contributed by atoms with Crippen LogP contribution in [0.25, 0.3) is 0 Å². The van der Waals surface area contributed by atoms with Crippen LogP contribution in [0.15, 0.2) is 48.5 Å². The highest BCUT2D eigenvalue weighted by atomic mass is 35.5. The molecule has 0 atom stereocenters. The molecule has 6 heteroatoms. The average Bonchev–Trinajstić information content (AvgIpc) is 2.81. The molecule has 2 amide bonds. The highest BCUT2D eigenvalue weighted by Crippen LogP contribution is 2.35. The summed E-state index contributed by atoms with van der Waals surface area (Å²) in [5.41, 5.74) is 1.26. The molecule has 2 aliphatic carbocycles. The summed E-state index contributed by atoms with van der Waals surface area (Å²) in [6.07, 6.45) is 10.1. The lowest BCUT2D eigenvalue weighted by atomic mass is 9.75. The molecule has 33 heavy (non-hydrogen) atoms. The van der Waals surface area contributed by atoms with E-state index in [0.29, 0.717) is 21.2 Å². The van der Waals surface area contributed by atoms with Crippen LogP contribution in [0.4, 0.5) is 0 Å². The Hall–Kier alpha value is -2.04. The van der Waals surface area contributed by atoms with E-state index in [9.17, 15) is 9.59 Å². The summed E-state index contributed by atoms with van der Waals surface area (Å²) >= 11 is 12.0. The third-order valence-electron chi connectivity index (χ3n) is 7.20. The Kier molecular flexibility index (Phi) is 8.32. The van der Waals surface area contributed by atoms with E-state index in [1.165, 1.54) is 32.1 Å². The standard InChI is InChI=1S/C27H32Cl2N2O2/c28-22-5-1-3-20(16-22)26(32)30-24-11-7-18(8-12-24)15-19-9-13-25(14-10-19)31-27(33)21-4-2-6-23(29)17-21/h1-6,16-19,24-25H,7-15H2,(H,30,32)(H,31,33). The lowest BCUT2D eigenvalue weighted by molar-refractivity contribution is 0.0917. The van der Waals surface area contributed by atoms with Crippen LogP contribution >= 0.6 is 23.2 Å². The lowest BCUT2D eigenvalue weighted by Gasteiger charge is -2.34. The first-order valence-corrected chi connectivity index (χ1v) is 12.8. The largest absolute Gasteiger partial charge is 0.349 e. The third kappa shape index (κ3) is 6.97. The number of rotatable bonds is 6. The summed E-state index contributed by atoms with van der Waals surface area (Å²) in [6, 6.07) is 14.7. The zero-order valence-electron chi connectivity index (χ0n) is 18.9. The van der Waals surface area contributed by atoms with Gasteiger partial charge in [-0.05, 0) is 106 Å². The molecule has 0 spiro atoms. The molecule has 2 fully saturated rings. The number of carbonyl (C=O) groups excluding carboxylic acids is 2. The van der Waals surface area contributed by atoms with E-state index in [1.807, 2.05) is 12.1 Å². The van der Waals surface area contributed by atoms with E-state index in [0.717, 1.165) is 37.5 Å². The molecule has 0 bridgehead atoms. The van der Waals surface area contributed by atoms with E-state index >= 15 is 0 Å². The summed E-state index contributed by atoms with van der Waals surface area (Å²) in [4.78, 5) is 24.9. The topological polar surface area (TPSA) is 58.2 Å². The molecule has 0 heterocycles. The van der Waals surface area contributed by atoms with Gasteiger partial charge in [0.2, 0.25) is 0 Å². The number of amides is 2. The number of carbonyl (C=O) groups is 2. The van der Waals surface area contributed by atoms with Gasteiger partial charge in [0, 0.05) is 33.3 Å². The van der Waals surface area contributed by atoms with Gasteiger partial charge >= 0.3 is 0 Å². The van der Waals surface area contributed by atoms with Crippen molar-refractivity contribution in [1.29, 1.82) is 0 Å². The van der Waals surface area contributed by atoms with Gasteiger partial charge in [-0.2, -0.15) is 0 Å². The fraction of sp³-hybridized carbons (Fsp3) is 0.481. The maximum atomic E-state index is 12.5. The monoisotopic (exact) mass is 486 g/mol. The fourth-order valence-electron chi connectivity index (χ4n) is 5.35. The molecule has 0 saturated heterocycles. The van der Waals surface area contributed by atoms with Crippen molar-refractivity contribution in [3.05, 3.63) is 69.7 Å². The van der Waals surface area contributed by atoms with E-state index in [1.54, 1.807) is 36.4 Å². The quantitative estimate of drug-likeness (QED) is 0.479. The van der Waals surface area contributed by atoms with Gasteiger partial charge in [0.05, 0.1) is 0 Å². The van der Waals surface area contributed by atoms with Crippen LogP contribution in [0, 0.1) is 11.8 Å². The van der Waals surface area contributed by atoms with Gasteiger partial charge in [-0.1, -0.05) is 35.3 Å². The van der Waals surface area contributed by atoms with Crippen molar-refractivity contribution in [2.75, 3.05) is 0 Å². The summed E-state index contributed by atoms with van der Waals surface area (Å²) < 4.78 is 0. The first-order valence-electron chi connectivity index (χ1n) is 12.1. The van der Waals surface area contributed by atoms with Gasteiger partial charge < -0.3 is 10.6 Å². The van der Waals surface area contributed by atoms with Gasteiger partial charge in [0.15, 0.2) is 0 Å². The second-order valence-electron chi connectivity index (χ2n) is 9.64. The van der Waals surface area contributed by atoms with Gasteiger partial charge in [-0.15, -0.1) is 0 Å². The molecule has 0 unspecified atom stereocenters. The Bertz CT molecular complexity index is 887. The Morgan fingerprint density at radius 1 is 0.667 bits per heavy atom. The van der Waals surface area contributed by atoms with Gasteiger partial charge in [0.25, 0.3) is 11.8 Å². The molecule has 2 aliphatic rings. The first kappa shape index (κ1) is 24.1. The molecule has 0 radical (unpaired) electrons. The van der Waals surface area contributed by atoms with Crippen LogP contribution in [0.1, 0.15) is 78.5 Å². The number of hydrogen-bond acceptors (Lipinski definition) is 2. The lowest BCUT2D eigenvalue weighted by Crippen LogP contribution is -2.39. The molecule has 0 aromatic heterocycles. The average molecular weight is 487 g/mol. The van der Waals surface area contributed by atoms with Gasteiger partial charge in [-0.25, -0.2) is 0 Å². The summed E-state index contributed by atoms with van der Waals surface area (Å²) in [5.74, 6) is 1.43. The zero-order valence-corrected chi connectivity index (χ0v) is 20.4. The molecule has 2 saturated carbocycles. The van der Waals surface area contributed by atoms with E-state index in [-0.39, 0.29) is 23.9 Å². The van der Waals surface area contributed by atoms with Crippen LogP contribution in [-0.2, 0) is 0 Å². The Morgan fingerprint density at radius 3 is 1.42 bits per heavy atom. The molecule has 2 aromatic carbocycles. The molecule has 4 rings (SSSR count). The molecule has 176 valence electrons. The molecular weight excluding hydrogens is 455 g/mol. The van der Waals surface area contributed by atoms with Crippen molar-refractivity contribution in [2.45, 2.75) is 69.9 Å². The van der Waals surface area contributed by atoms with Crippen LogP contribution in [0.3, 0.4) is 0 Å². The smallest absolute Gasteiger partial charge is 0.251 e. The predicted molar refractivity (Wildman–Crippen MR) is 134 cm³/mol. The second kappa shape index (κ2) is 11.4. The minimum Gasteiger partial charge on any atom is -0.349 e. The fourth-order valence-corrected chi connectivity index (χ4v) is 5.73. The van der Waals surface area contributed by atoms with Crippen molar-refractivity contribution in [1.82, 2.24) is 10.6 Å². The third-order valence-corrected chi connectivity index (χ3v) is 7.67. The molecule has 2 N–H and O–H groups in total. The predicted octanol–water partition coefficient (Wildman–Crippen LogP) is 6.66. The second-order valence-corrected chi connectivity index (χ2v) is 10.5. The highest BCUT2D eigenvalue weighted by molar-refractivity contribution is 6.31. The van der Waals surface area contributed by atoms with Crippen molar-refractivity contribution in [3.8, 4) is 0 Å². The molecule has 0 aliphatic heterocycles. The van der Waals surface area contributed by atoms with Gasteiger partial charge in [-0.3, -0.25) is 9.59 Å². The van der Waals surface area contributed by atoms with E-state index in [4.69, 9.17) is 23.2 Å². The summed E-state index contributed by atoms with van der Waals surface area (Å²) in [6.45, 7) is 0. The highest BCUT2D eigenvalue weighted by Gasteiger charge is 2.28. The minimum atomic E-state index is -0.0286. The Morgan fingerprint density at radius 2 is 1.06 bits per heavy atom. The number of nitrogens with one attached hydrogen (secondary N) is 2. The molecular formula is C27H32Cl2N2O2. The van der Waals surface area contributed by atoms with Crippen molar-refractivity contribution >= 4 is 35.0 Å². The maximum absolute atomic E-state index is 12.5. The van der Waals surface area contributed by atoms with Crippen molar-refractivity contribution in [2.24, 2.45) is 11.8 Å². The normalized spacial score (nSPS) is 25.3. The van der Waals surface area contributed by atoms with Gasteiger partial charge in [0.1, 0.15) is 0 Å². The number of benzene rings is 2. The SMILES string of the molecule is O=C(NC1CCC(CC2CCC(NC(=O)c3cccc(Cl)c3)CC2)CC1)c1cccc(Cl)c1. The Labute approximate surface area is 206 Å². The van der Waals surface area contributed by atoms with Crippen LogP contribution in [-0.4, -0.2) is 23.9 Å². The van der Waals surface area contributed by atoms with Crippen LogP contribution < -0.4 is 10.6 Å². The van der Waals surface area contributed by atoms with E-state index in [2.05, 4.69) is 10.6 Å². The molecule has 2 aromatic rings. The van der Waals surface area contributed by atoms with E-state index < -0.39 is 0 Å². The van der Waals surface area contributed by atoms with Crippen LogP contribution in [0.5, 0.6) is 0 Å². The molecule has 4 nitrogen and oxygen atoms in total. The van der Waals surface area contributed by atoms with Crippen molar-refractivity contribution in [3.63, 3.8) is 0 Å². The number of halogens is 2. The summed E-state index contributed by atoms with van der Waals surface area (Å²) in [7, 11) is 0. The zero-order chi connectivity index (χ0) is 23.2. The number of hydrogen-bond donors (Lipinski definition) is 2. The minimum absolute atomic E-state index is 0.0286. The summed E-state index contributed by atoms with van der Waals surface area (Å²) in [5, 5.41) is 7.54. The van der Waals surface area contributed by atoms with Crippen molar-refractivity contribution < 1.29 is 9.59 Å². The van der Waals surface area contributed by atoms with Crippen LogP contribution in [0.2, 0.25) is 10.0 Å².